The highest BCUT2D eigenvalue weighted by Gasteiger charge is 2.42. The standard InChI is InChI=1S/C50H38BN3O/c1-33-24-27-37(28-25-33)52(45-23-13-19-40-39-18-9-11-21-43(39)53(50(40)45)35-14-5-3-6-15-35)38-29-30-42-47(32-38)55-46-31-26-34(2)49-48(46)51(42)41-20-10-12-22-44(41)54(49)36-16-7-4-8-17-36/h3-14,16-32,35H,15H2,1-2H3. The van der Waals surface area contributed by atoms with Gasteiger partial charge < -0.3 is 19.1 Å². The van der Waals surface area contributed by atoms with Crippen molar-refractivity contribution in [3.05, 3.63) is 187 Å². The fourth-order valence-electron chi connectivity index (χ4n) is 9.29. The van der Waals surface area contributed by atoms with Crippen LogP contribution in [0.3, 0.4) is 0 Å². The Balaban J connectivity index is 1.13. The summed E-state index contributed by atoms with van der Waals surface area (Å²) < 4.78 is 9.59. The first-order valence-corrected chi connectivity index (χ1v) is 19.3. The van der Waals surface area contributed by atoms with Crippen molar-refractivity contribution in [2.45, 2.75) is 26.3 Å². The highest BCUT2D eigenvalue weighted by molar-refractivity contribution is 6.99. The number of benzene rings is 7. The summed E-state index contributed by atoms with van der Waals surface area (Å²) in [5.74, 6) is 1.80. The minimum atomic E-state index is 0.0313. The smallest absolute Gasteiger partial charge is 0.256 e. The molecule has 3 aliphatic rings. The SMILES string of the molecule is Cc1ccc(N(c2ccc3c(c2)Oc2ccc(C)c4c2B3c2ccccc2N4c2ccccc2)c2cccc3c4ccccc4n(C4C=CC=CC4)c23)cc1. The summed E-state index contributed by atoms with van der Waals surface area (Å²) >= 11 is 0. The van der Waals surface area contributed by atoms with E-state index in [1.165, 1.54) is 60.7 Å². The Morgan fingerprint density at radius 3 is 2.29 bits per heavy atom. The molecule has 262 valence electrons. The van der Waals surface area contributed by atoms with Gasteiger partial charge in [-0.1, -0.05) is 121 Å². The van der Waals surface area contributed by atoms with Gasteiger partial charge in [0.1, 0.15) is 11.5 Å². The van der Waals surface area contributed by atoms with Crippen molar-refractivity contribution >= 4 is 79.0 Å². The van der Waals surface area contributed by atoms with E-state index in [-0.39, 0.29) is 12.8 Å². The van der Waals surface area contributed by atoms with Crippen LogP contribution in [0.25, 0.3) is 21.8 Å². The molecule has 0 amide bonds. The van der Waals surface area contributed by atoms with Crippen molar-refractivity contribution in [2.75, 3.05) is 9.80 Å². The molecule has 0 radical (unpaired) electrons. The van der Waals surface area contributed by atoms with Crippen LogP contribution in [0.5, 0.6) is 11.5 Å². The van der Waals surface area contributed by atoms with Gasteiger partial charge in [-0.15, -0.1) is 0 Å². The van der Waals surface area contributed by atoms with Crippen molar-refractivity contribution in [2.24, 2.45) is 0 Å². The molecule has 0 bridgehead atoms. The minimum Gasteiger partial charge on any atom is -0.458 e. The largest absolute Gasteiger partial charge is 0.458 e. The maximum Gasteiger partial charge on any atom is 0.256 e. The second-order valence-electron chi connectivity index (χ2n) is 15.0. The number of para-hydroxylation sites is 4. The zero-order valence-corrected chi connectivity index (χ0v) is 30.9. The number of fused-ring (bicyclic) bond motifs is 7. The van der Waals surface area contributed by atoms with Gasteiger partial charge in [-0.25, -0.2) is 0 Å². The molecule has 1 aromatic heterocycles. The van der Waals surface area contributed by atoms with E-state index in [4.69, 9.17) is 4.74 Å². The lowest BCUT2D eigenvalue weighted by Crippen LogP contribution is -2.59. The Bertz CT molecular complexity index is 2870. The van der Waals surface area contributed by atoms with Gasteiger partial charge in [0.2, 0.25) is 0 Å². The highest BCUT2D eigenvalue weighted by atomic mass is 16.5. The number of aryl methyl sites for hydroxylation is 2. The van der Waals surface area contributed by atoms with E-state index in [1.54, 1.807) is 0 Å². The van der Waals surface area contributed by atoms with Gasteiger partial charge in [-0.3, -0.25) is 0 Å². The zero-order valence-electron chi connectivity index (χ0n) is 30.9. The topological polar surface area (TPSA) is 20.6 Å². The third kappa shape index (κ3) is 4.86. The summed E-state index contributed by atoms with van der Waals surface area (Å²) in [6.45, 7) is 4.40. The number of aromatic nitrogens is 1. The quantitative estimate of drug-likeness (QED) is 0.166. The Morgan fingerprint density at radius 1 is 0.655 bits per heavy atom. The van der Waals surface area contributed by atoms with E-state index in [1.807, 2.05) is 0 Å². The second-order valence-corrected chi connectivity index (χ2v) is 15.0. The average Bonchev–Trinajstić information content (AvgIpc) is 3.58. The van der Waals surface area contributed by atoms with Gasteiger partial charge in [0.15, 0.2) is 0 Å². The average molecular weight is 708 g/mol. The monoisotopic (exact) mass is 707 g/mol. The van der Waals surface area contributed by atoms with E-state index >= 15 is 0 Å². The van der Waals surface area contributed by atoms with E-state index in [0.29, 0.717) is 0 Å². The van der Waals surface area contributed by atoms with Crippen LogP contribution < -0.4 is 30.9 Å². The van der Waals surface area contributed by atoms with Gasteiger partial charge in [-0.2, -0.15) is 0 Å². The van der Waals surface area contributed by atoms with Crippen LogP contribution in [0.4, 0.5) is 34.1 Å². The third-order valence-electron chi connectivity index (χ3n) is 11.7. The number of ether oxygens (including phenoxy) is 1. The van der Waals surface area contributed by atoms with Crippen molar-refractivity contribution < 1.29 is 4.74 Å². The van der Waals surface area contributed by atoms with Gasteiger partial charge in [0, 0.05) is 50.8 Å². The molecule has 0 saturated carbocycles. The van der Waals surface area contributed by atoms with Crippen LogP contribution in [-0.2, 0) is 0 Å². The van der Waals surface area contributed by atoms with E-state index in [0.717, 1.165) is 40.7 Å². The number of hydrogen-bond acceptors (Lipinski definition) is 3. The van der Waals surface area contributed by atoms with Crippen LogP contribution >= 0.6 is 0 Å². The van der Waals surface area contributed by atoms with Crippen molar-refractivity contribution in [1.82, 2.24) is 4.57 Å². The summed E-state index contributed by atoms with van der Waals surface area (Å²) in [7, 11) is 0. The zero-order chi connectivity index (χ0) is 36.6. The van der Waals surface area contributed by atoms with Crippen LogP contribution in [0, 0.1) is 13.8 Å². The fourth-order valence-corrected chi connectivity index (χ4v) is 9.29. The first-order chi connectivity index (χ1) is 27.1. The summed E-state index contributed by atoms with van der Waals surface area (Å²) in [6.07, 6.45) is 9.90. The first kappa shape index (κ1) is 31.8. The van der Waals surface area contributed by atoms with Gasteiger partial charge >= 0.3 is 0 Å². The first-order valence-electron chi connectivity index (χ1n) is 19.3. The Labute approximate surface area is 321 Å². The van der Waals surface area contributed by atoms with Crippen LogP contribution in [0.1, 0.15) is 23.6 Å². The van der Waals surface area contributed by atoms with E-state index in [2.05, 4.69) is 204 Å². The summed E-state index contributed by atoms with van der Waals surface area (Å²) in [4.78, 5) is 4.84. The van der Waals surface area contributed by atoms with Crippen LogP contribution in [-0.4, -0.2) is 11.3 Å². The minimum absolute atomic E-state index is 0.0313. The summed E-state index contributed by atoms with van der Waals surface area (Å²) in [5, 5.41) is 2.52. The fraction of sp³-hybridized carbons (Fsp3) is 0.0800. The van der Waals surface area contributed by atoms with Gasteiger partial charge in [-0.05, 0) is 96.8 Å². The molecular formula is C50H38BN3O. The number of anilines is 6. The molecule has 1 aliphatic carbocycles. The molecule has 11 rings (SSSR count). The van der Waals surface area contributed by atoms with Gasteiger partial charge in [0.25, 0.3) is 6.71 Å². The van der Waals surface area contributed by atoms with Crippen LogP contribution in [0.15, 0.2) is 176 Å². The molecule has 55 heavy (non-hydrogen) atoms. The molecule has 0 fully saturated rings. The molecule has 4 nitrogen and oxygen atoms in total. The molecule has 3 heterocycles. The molecule has 0 saturated heterocycles. The molecule has 1 atom stereocenters. The number of rotatable bonds is 5. The Morgan fingerprint density at radius 2 is 1.44 bits per heavy atom. The molecule has 7 aromatic carbocycles. The molecule has 0 spiro atoms. The maximum atomic E-state index is 7.04. The number of allylic oxidation sites excluding steroid dienone is 4. The van der Waals surface area contributed by atoms with Crippen molar-refractivity contribution in [3.63, 3.8) is 0 Å². The molecule has 1 unspecified atom stereocenters. The number of hydrogen-bond donors (Lipinski definition) is 0. The molecule has 0 N–H and O–H groups in total. The van der Waals surface area contributed by atoms with Gasteiger partial charge in [0.05, 0.1) is 17.2 Å². The van der Waals surface area contributed by atoms with E-state index in [9.17, 15) is 0 Å². The predicted octanol–water partition coefficient (Wildman–Crippen LogP) is 11.3. The number of nitrogens with zero attached hydrogens (tertiary/aromatic N) is 3. The lowest BCUT2D eigenvalue weighted by atomic mass is 9.34. The maximum absolute atomic E-state index is 7.04. The molecular weight excluding hydrogens is 669 g/mol. The van der Waals surface area contributed by atoms with Crippen molar-refractivity contribution in [3.8, 4) is 11.5 Å². The molecule has 5 heteroatoms. The normalized spacial score (nSPS) is 15.1. The molecule has 2 aliphatic heterocycles. The summed E-state index contributed by atoms with van der Waals surface area (Å²) in [5.41, 5.74) is 15.4. The van der Waals surface area contributed by atoms with Crippen molar-refractivity contribution in [1.29, 1.82) is 0 Å². The lowest BCUT2D eigenvalue weighted by Gasteiger charge is -2.41. The Kier molecular flexibility index (Phi) is 7.18. The van der Waals surface area contributed by atoms with Crippen LogP contribution in [0.2, 0.25) is 0 Å². The second kappa shape index (κ2) is 12.4. The molecule has 8 aromatic rings. The van der Waals surface area contributed by atoms with E-state index < -0.39 is 0 Å². The predicted molar refractivity (Wildman–Crippen MR) is 231 cm³/mol. The summed E-state index contributed by atoms with van der Waals surface area (Å²) in [6, 6.07) is 55.5. The third-order valence-corrected chi connectivity index (χ3v) is 11.7. The lowest BCUT2D eigenvalue weighted by molar-refractivity contribution is 0.487. The highest BCUT2D eigenvalue weighted by Crippen LogP contribution is 2.46. The Hall–Kier alpha value is -6.72.